The lowest BCUT2D eigenvalue weighted by Gasteiger charge is -2.25. The summed E-state index contributed by atoms with van der Waals surface area (Å²) in [5.41, 5.74) is 8.38. The SMILES string of the molecule is CC(=O)N[C@@H](Cc1ccccc1)C[C@H](O)[C@@H](N)Cc1ccccc1. The Hall–Kier alpha value is -2.17. The van der Waals surface area contributed by atoms with E-state index in [9.17, 15) is 9.90 Å². The zero-order chi connectivity index (χ0) is 17.4. The van der Waals surface area contributed by atoms with E-state index < -0.39 is 6.10 Å². The number of nitrogens with two attached hydrogens (primary N) is 1. The molecule has 2 rings (SSSR count). The second-order valence-electron chi connectivity index (χ2n) is 6.24. The Balaban J connectivity index is 1.95. The van der Waals surface area contributed by atoms with Crippen LogP contribution in [0, 0.1) is 0 Å². The number of rotatable bonds is 8. The van der Waals surface area contributed by atoms with Gasteiger partial charge in [-0.2, -0.15) is 0 Å². The van der Waals surface area contributed by atoms with Crippen molar-refractivity contribution in [1.29, 1.82) is 0 Å². The lowest BCUT2D eigenvalue weighted by molar-refractivity contribution is -0.119. The third kappa shape index (κ3) is 6.14. The average Bonchev–Trinajstić information content (AvgIpc) is 2.56. The Labute approximate surface area is 143 Å². The zero-order valence-electron chi connectivity index (χ0n) is 14.1. The van der Waals surface area contributed by atoms with Gasteiger partial charge in [0.05, 0.1) is 6.10 Å². The molecule has 4 heteroatoms. The van der Waals surface area contributed by atoms with E-state index in [0.717, 1.165) is 11.1 Å². The van der Waals surface area contributed by atoms with Gasteiger partial charge in [0.25, 0.3) is 0 Å². The maximum Gasteiger partial charge on any atom is 0.217 e. The minimum atomic E-state index is -0.675. The molecule has 0 saturated carbocycles. The highest BCUT2D eigenvalue weighted by Gasteiger charge is 2.21. The molecule has 0 aliphatic heterocycles. The lowest BCUT2D eigenvalue weighted by Crippen LogP contribution is -2.44. The standard InChI is InChI=1S/C20H26N2O2/c1-15(23)22-18(12-16-8-4-2-5-9-16)14-20(24)19(21)13-17-10-6-3-7-11-17/h2-11,18-20,24H,12-14,21H2,1H3,(H,22,23)/t18-,19-,20-/m0/s1. The van der Waals surface area contributed by atoms with Crippen LogP contribution in [0.1, 0.15) is 24.5 Å². The van der Waals surface area contributed by atoms with Crippen LogP contribution in [0.3, 0.4) is 0 Å². The molecule has 0 aliphatic carbocycles. The summed E-state index contributed by atoms with van der Waals surface area (Å²) in [4.78, 5) is 11.5. The number of aliphatic hydroxyl groups excluding tert-OH is 1. The second kappa shape index (κ2) is 9.21. The van der Waals surface area contributed by atoms with Crippen LogP contribution in [0.4, 0.5) is 0 Å². The molecule has 0 saturated heterocycles. The molecule has 0 radical (unpaired) electrons. The topological polar surface area (TPSA) is 75.3 Å². The molecular formula is C20H26N2O2. The molecule has 2 aromatic rings. The van der Waals surface area contributed by atoms with Gasteiger partial charge in [-0.1, -0.05) is 60.7 Å². The number of carbonyl (C=O) groups excluding carboxylic acids is 1. The average molecular weight is 326 g/mol. The van der Waals surface area contributed by atoms with Crippen molar-refractivity contribution in [2.75, 3.05) is 0 Å². The molecular weight excluding hydrogens is 300 g/mol. The van der Waals surface area contributed by atoms with Crippen LogP contribution < -0.4 is 11.1 Å². The van der Waals surface area contributed by atoms with Crippen molar-refractivity contribution in [2.24, 2.45) is 5.73 Å². The van der Waals surface area contributed by atoms with Crippen LogP contribution >= 0.6 is 0 Å². The normalized spacial score (nSPS) is 14.6. The van der Waals surface area contributed by atoms with Crippen LogP contribution in [0.5, 0.6) is 0 Å². The van der Waals surface area contributed by atoms with E-state index in [1.165, 1.54) is 6.92 Å². The zero-order valence-corrected chi connectivity index (χ0v) is 14.1. The van der Waals surface area contributed by atoms with Gasteiger partial charge < -0.3 is 16.2 Å². The Kier molecular flexibility index (Phi) is 6.97. The largest absolute Gasteiger partial charge is 0.391 e. The Bertz CT molecular complexity index is 616. The van der Waals surface area contributed by atoms with E-state index in [4.69, 9.17) is 5.73 Å². The van der Waals surface area contributed by atoms with Gasteiger partial charge in [-0.3, -0.25) is 4.79 Å². The number of carbonyl (C=O) groups is 1. The molecule has 2 aromatic carbocycles. The van der Waals surface area contributed by atoms with Crippen molar-refractivity contribution in [3.05, 3.63) is 71.8 Å². The molecule has 0 bridgehead atoms. The molecule has 4 N–H and O–H groups in total. The molecule has 1 amide bonds. The predicted molar refractivity (Wildman–Crippen MR) is 96.5 cm³/mol. The van der Waals surface area contributed by atoms with Crippen molar-refractivity contribution in [1.82, 2.24) is 5.32 Å². The van der Waals surface area contributed by atoms with Gasteiger partial charge in [-0.25, -0.2) is 0 Å². The van der Waals surface area contributed by atoms with E-state index in [1.54, 1.807) is 0 Å². The van der Waals surface area contributed by atoms with Crippen molar-refractivity contribution >= 4 is 5.91 Å². The number of hydrogen-bond acceptors (Lipinski definition) is 3. The van der Waals surface area contributed by atoms with Crippen LogP contribution in [-0.4, -0.2) is 29.2 Å². The summed E-state index contributed by atoms with van der Waals surface area (Å²) in [6.45, 7) is 1.49. The van der Waals surface area contributed by atoms with Crippen LogP contribution in [0.2, 0.25) is 0 Å². The van der Waals surface area contributed by atoms with Gasteiger partial charge in [0.1, 0.15) is 0 Å². The second-order valence-corrected chi connectivity index (χ2v) is 6.24. The van der Waals surface area contributed by atoms with Crippen molar-refractivity contribution < 1.29 is 9.90 Å². The van der Waals surface area contributed by atoms with Crippen molar-refractivity contribution in [3.8, 4) is 0 Å². The molecule has 0 aliphatic rings. The third-order valence-corrected chi connectivity index (χ3v) is 4.07. The summed E-state index contributed by atoms with van der Waals surface area (Å²) in [5.74, 6) is -0.0974. The van der Waals surface area contributed by atoms with Crippen LogP contribution in [0.15, 0.2) is 60.7 Å². The minimum absolute atomic E-state index is 0.0974. The number of benzene rings is 2. The minimum Gasteiger partial charge on any atom is -0.391 e. The Morgan fingerprint density at radius 2 is 1.50 bits per heavy atom. The van der Waals surface area contributed by atoms with Gasteiger partial charge >= 0.3 is 0 Å². The first-order valence-corrected chi connectivity index (χ1v) is 8.33. The highest BCUT2D eigenvalue weighted by Crippen LogP contribution is 2.12. The molecule has 4 nitrogen and oxygen atoms in total. The van der Waals surface area contributed by atoms with Crippen LogP contribution in [0.25, 0.3) is 0 Å². The highest BCUT2D eigenvalue weighted by molar-refractivity contribution is 5.73. The highest BCUT2D eigenvalue weighted by atomic mass is 16.3. The van der Waals surface area contributed by atoms with E-state index >= 15 is 0 Å². The quantitative estimate of drug-likeness (QED) is 0.695. The van der Waals surface area contributed by atoms with Crippen molar-refractivity contribution in [3.63, 3.8) is 0 Å². The number of hydrogen-bond donors (Lipinski definition) is 3. The summed E-state index contributed by atoms with van der Waals surface area (Å²) in [6, 6.07) is 19.3. The molecule has 0 heterocycles. The van der Waals surface area contributed by atoms with Gasteiger partial charge in [0.15, 0.2) is 0 Å². The summed E-state index contributed by atoms with van der Waals surface area (Å²) in [6.07, 6.45) is 1.05. The Morgan fingerprint density at radius 3 is 2.00 bits per heavy atom. The third-order valence-electron chi connectivity index (χ3n) is 4.07. The lowest BCUT2D eigenvalue weighted by atomic mass is 9.94. The summed E-state index contributed by atoms with van der Waals surface area (Å²) < 4.78 is 0. The number of nitrogens with one attached hydrogen (secondary N) is 1. The molecule has 0 fully saturated rings. The van der Waals surface area contributed by atoms with E-state index in [2.05, 4.69) is 5.32 Å². The Morgan fingerprint density at radius 1 is 1.00 bits per heavy atom. The molecule has 3 atom stereocenters. The summed E-state index contributed by atoms with van der Waals surface area (Å²) in [5, 5.41) is 13.4. The maximum atomic E-state index is 11.5. The monoisotopic (exact) mass is 326 g/mol. The smallest absolute Gasteiger partial charge is 0.217 e. The van der Waals surface area contributed by atoms with Gasteiger partial charge in [-0.05, 0) is 30.4 Å². The first-order valence-electron chi connectivity index (χ1n) is 8.33. The van der Waals surface area contributed by atoms with Gasteiger partial charge in [-0.15, -0.1) is 0 Å². The van der Waals surface area contributed by atoms with E-state index in [0.29, 0.717) is 19.3 Å². The fourth-order valence-electron chi connectivity index (χ4n) is 2.87. The number of aliphatic hydroxyl groups is 1. The van der Waals surface area contributed by atoms with Gasteiger partial charge in [0, 0.05) is 19.0 Å². The first-order chi connectivity index (χ1) is 11.5. The van der Waals surface area contributed by atoms with Gasteiger partial charge in [0.2, 0.25) is 5.91 Å². The predicted octanol–water partition coefficient (Wildman–Crippen LogP) is 2.05. The van der Waals surface area contributed by atoms with E-state index in [1.807, 2.05) is 60.7 Å². The maximum absolute atomic E-state index is 11.5. The first kappa shape index (κ1) is 18.2. The fourth-order valence-corrected chi connectivity index (χ4v) is 2.87. The molecule has 24 heavy (non-hydrogen) atoms. The molecule has 0 unspecified atom stereocenters. The molecule has 0 spiro atoms. The molecule has 128 valence electrons. The fraction of sp³-hybridized carbons (Fsp3) is 0.350. The van der Waals surface area contributed by atoms with E-state index in [-0.39, 0.29) is 18.0 Å². The number of amides is 1. The van der Waals surface area contributed by atoms with Crippen molar-refractivity contribution in [2.45, 2.75) is 44.4 Å². The summed E-state index contributed by atoms with van der Waals surface area (Å²) in [7, 11) is 0. The van der Waals surface area contributed by atoms with Crippen LogP contribution in [-0.2, 0) is 17.6 Å². The summed E-state index contributed by atoms with van der Waals surface area (Å²) >= 11 is 0. The molecule has 0 aromatic heterocycles.